The highest BCUT2D eigenvalue weighted by atomic mass is 35.5. The molecule has 2 bridgehead atoms. The summed E-state index contributed by atoms with van der Waals surface area (Å²) in [7, 11) is -0.605. The predicted molar refractivity (Wildman–Crippen MR) is 177 cm³/mol. The molecular weight excluding hydrogens is 603 g/mol. The van der Waals surface area contributed by atoms with Crippen LogP contribution in [-0.2, 0) is 14.8 Å². The maximum atomic E-state index is 14.4. The normalized spacial score (nSPS) is 22.9. The molecule has 0 saturated carbocycles. The van der Waals surface area contributed by atoms with Crippen molar-refractivity contribution in [3.63, 3.8) is 0 Å². The standard InChI is InChI=1S/C32H36Cl2N6O2S/c1-39(2)30(35)37-31-38-43(41,42)32(25-12-16-27(34)17-13-25)18-6-20-36-29(24-10-14-26(33)15-11-24)28(22-40(31)21-7-19-32)23-8-4-3-5-9-23/h3-5,8-17,28H,6-7,18-22H2,1-2H3,(H2,35,37,38)/t28?,32-/m0/s1. The molecule has 0 radical (unpaired) electrons. The van der Waals surface area contributed by atoms with E-state index in [1.54, 1.807) is 43.3 Å². The zero-order chi connectivity index (χ0) is 30.6. The summed E-state index contributed by atoms with van der Waals surface area (Å²) in [6.07, 6.45) is 1.89. The van der Waals surface area contributed by atoms with Gasteiger partial charge in [0.25, 0.3) is 10.0 Å². The average molecular weight is 640 g/mol. The van der Waals surface area contributed by atoms with E-state index in [0.717, 1.165) is 16.8 Å². The van der Waals surface area contributed by atoms with Gasteiger partial charge in [0.2, 0.25) is 5.96 Å². The van der Waals surface area contributed by atoms with Crippen LogP contribution in [0.4, 0.5) is 0 Å². The van der Waals surface area contributed by atoms with E-state index < -0.39 is 14.8 Å². The van der Waals surface area contributed by atoms with Gasteiger partial charge in [0, 0.05) is 49.7 Å². The zero-order valence-corrected chi connectivity index (χ0v) is 26.7. The molecule has 3 aliphatic rings. The van der Waals surface area contributed by atoms with Gasteiger partial charge >= 0.3 is 0 Å². The highest BCUT2D eigenvalue weighted by Gasteiger charge is 2.46. The van der Waals surface area contributed by atoms with E-state index >= 15 is 0 Å². The number of rotatable bonds is 3. The molecule has 3 heterocycles. The van der Waals surface area contributed by atoms with Gasteiger partial charge < -0.3 is 15.5 Å². The Balaban J connectivity index is 1.73. The lowest BCUT2D eigenvalue weighted by Gasteiger charge is -2.38. The lowest BCUT2D eigenvalue weighted by atomic mass is 9.87. The molecule has 0 aromatic heterocycles. The molecule has 11 heteroatoms. The Bertz CT molecular complexity index is 1620. The average Bonchev–Trinajstić information content (AvgIpc) is 2.98. The number of benzene rings is 3. The summed E-state index contributed by atoms with van der Waals surface area (Å²) in [6.45, 7) is 1.39. The fourth-order valence-corrected chi connectivity index (χ4v) is 7.83. The third kappa shape index (κ3) is 6.74. The van der Waals surface area contributed by atoms with Crippen LogP contribution >= 0.6 is 23.2 Å². The third-order valence-electron chi connectivity index (χ3n) is 8.13. The molecule has 3 aromatic carbocycles. The molecule has 1 unspecified atom stereocenters. The Morgan fingerprint density at radius 3 is 2.23 bits per heavy atom. The summed E-state index contributed by atoms with van der Waals surface area (Å²) in [5, 5.41) is 1.19. The van der Waals surface area contributed by atoms with Crippen LogP contribution in [0.2, 0.25) is 10.0 Å². The molecule has 226 valence electrons. The SMILES string of the molecule is CN(C)C(N)=NC1=NS(=O)(=O)[C@@]2(c3ccc(Cl)cc3)CCCN=C(c3ccc(Cl)cc3)C(c3ccccc3)CN1CCC2. The van der Waals surface area contributed by atoms with Gasteiger partial charge in [-0.3, -0.25) is 4.99 Å². The van der Waals surface area contributed by atoms with E-state index in [9.17, 15) is 8.42 Å². The molecule has 8 nitrogen and oxygen atoms in total. The van der Waals surface area contributed by atoms with Crippen molar-refractivity contribution < 1.29 is 8.42 Å². The van der Waals surface area contributed by atoms with Gasteiger partial charge in [-0.25, -0.2) is 8.42 Å². The fourth-order valence-electron chi connectivity index (χ4n) is 5.79. The van der Waals surface area contributed by atoms with Crippen LogP contribution in [0, 0.1) is 0 Å². The van der Waals surface area contributed by atoms with Crippen LogP contribution in [0.3, 0.4) is 0 Å². The monoisotopic (exact) mass is 638 g/mol. The zero-order valence-electron chi connectivity index (χ0n) is 24.3. The van der Waals surface area contributed by atoms with Gasteiger partial charge in [-0.15, -0.1) is 4.40 Å². The topological polar surface area (TPSA) is 104 Å². The van der Waals surface area contributed by atoms with Crippen molar-refractivity contribution in [3.8, 4) is 0 Å². The maximum Gasteiger partial charge on any atom is 0.266 e. The van der Waals surface area contributed by atoms with Crippen molar-refractivity contribution in [3.05, 3.63) is 106 Å². The third-order valence-corrected chi connectivity index (χ3v) is 10.7. The number of hydrogen-bond donors (Lipinski definition) is 1. The number of fused-ring (bicyclic) bond motifs is 8. The van der Waals surface area contributed by atoms with Crippen LogP contribution in [0.15, 0.2) is 93.2 Å². The maximum absolute atomic E-state index is 14.4. The van der Waals surface area contributed by atoms with Crippen molar-refractivity contribution in [2.45, 2.75) is 36.3 Å². The van der Waals surface area contributed by atoms with Crippen LogP contribution in [0.5, 0.6) is 0 Å². The van der Waals surface area contributed by atoms with Crippen molar-refractivity contribution in [2.24, 2.45) is 20.1 Å². The number of nitrogens with zero attached hydrogens (tertiary/aromatic N) is 5. The molecule has 0 spiro atoms. The van der Waals surface area contributed by atoms with E-state index in [1.807, 2.05) is 47.4 Å². The second-order valence-electron chi connectivity index (χ2n) is 11.1. The highest BCUT2D eigenvalue weighted by Crippen LogP contribution is 2.43. The van der Waals surface area contributed by atoms with Gasteiger partial charge in [-0.2, -0.15) is 4.99 Å². The Morgan fingerprint density at radius 1 is 0.953 bits per heavy atom. The fraction of sp³-hybridized carbons (Fsp3) is 0.344. The van der Waals surface area contributed by atoms with Gasteiger partial charge in [-0.1, -0.05) is 77.8 Å². The quantitative estimate of drug-likeness (QED) is 0.284. The molecule has 43 heavy (non-hydrogen) atoms. The van der Waals surface area contributed by atoms with E-state index in [-0.39, 0.29) is 17.8 Å². The minimum atomic E-state index is -4.12. The second kappa shape index (κ2) is 13.1. The molecule has 3 aliphatic heterocycles. The first-order valence-electron chi connectivity index (χ1n) is 14.3. The van der Waals surface area contributed by atoms with Crippen molar-refractivity contribution in [2.75, 3.05) is 33.7 Å². The number of hydrogen-bond acceptors (Lipinski definition) is 5. The van der Waals surface area contributed by atoms with Crippen molar-refractivity contribution >= 4 is 50.9 Å². The van der Waals surface area contributed by atoms with Crippen LogP contribution in [-0.4, -0.2) is 69.6 Å². The van der Waals surface area contributed by atoms with Crippen molar-refractivity contribution in [1.29, 1.82) is 0 Å². The van der Waals surface area contributed by atoms with Crippen molar-refractivity contribution in [1.82, 2.24) is 9.80 Å². The smallest absolute Gasteiger partial charge is 0.266 e. The predicted octanol–water partition coefficient (Wildman–Crippen LogP) is 5.91. The van der Waals surface area contributed by atoms with Crippen LogP contribution in [0.25, 0.3) is 0 Å². The summed E-state index contributed by atoms with van der Waals surface area (Å²) in [5.41, 5.74) is 9.86. The van der Waals surface area contributed by atoms with Gasteiger partial charge in [-0.05, 0) is 66.6 Å². The summed E-state index contributed by atoms with van der Waals surface area (Å²) >= 11 is 12.5. The number of nitrogens with two attached hydrogens (primary N) is 1. The highest BCUT2D eigenvalue weighted by molar-refractivity contribution is 7.91. The molecule has 0 aliphatic carbocycles. The summed E-state index contributed by atoms with van der Waals surface area (Å²) in [4.78, 5) is 13.3. The number of guanidine groups is 2. The van der Waals surface area contributed by atoms with E-state index in [2.05, 4.69) is 21.5 Å². The van der Waals surface area contributed by atoms with Gasteiger partial charge in [0.1, 0.15) is 4.75 Å². The second-order valence-corrected chi connectivity index (χ2v) is 13.9. The Labute approximate surface area is 264 Å². The first-order chi connectivity index (χ1) is 20.6. The molecule has 6 rings (SSSR count). The van der Waals surface area contributed by atoms with E-state index in [0.29, 0.717) is 60.9 Å². The van der Waals surface area contributed by atoms with Gasteiger partial charge in [0.05, 0.1) is 5.71 Å². The summed E-state index contributed by atoms with van der Waals surface area (Å²) in [6, 6.07) is 24.9. The molecular formula is C32H36Cl2N6O2S. The lowest BCUT2D eigenvalue weighted by Crippen LogP contribution is -2.45. The summed E-state index contributed by atoms with van der Waals surface area (Å²) < 4.78 is 32.1. The first-order valence-corrected chi connectivity index (χ1v) is 16.5. The number of sulfonamides is 1. The van der Waals surface area contributed by atoms with Gasteiger partial charge in [0.15, 0.2) is 5.96 Å². The summed E-state index contributed by atoms with van der Waals surface area (Å²) in [5.74, 6) is 0.0266. The largest absolute Gasteiger partial charge is 0.369 e. The Morgan fingerprint density at radius 2 is 1.58 bits per heavy atom. The number of aliphatic imine (C=N–C) groups is 2. The Kier molecular flexibility index (Phi) is 9.44. The Hall–Kier alpha value is -3.40. The molecule has 0 fully saturated rings. The van der Waals surface area contributed by atoms with E-state index in [1.165, 1.54) is 0 Å². The molecule has 0 amide bonds. The minimum Gasteiger partial charge on any atom is -0.369 e. The lowest BCUT2D eigenvalue weighted by molar-refractivity contribution is 0.357. The van der Waals surface area contributed by atoms with E-state index in [4.69, 9.17) is 33.9 Å². The van der Waals surface area contributed by atoms with Crippen LogP contribution in [0.1, 0.15) is 48.3 Å². The molecule has 2 N–H and O–H groups in total. The number of halogens is 2. The molecule has 3 aromatic rings. The minimum absolute atomic E-state index is 0.0706. The molecule has 2 atom stereocenters. The van der Waals surface area contributed by atoms with Crippen LogP contribution < -0.4 is 5.73 Å². The molecule has 0 saturated heterocycles. The first kappa shape index (κ1) is 31.0.